The van der Waals surface area contributed by atoms with Crippen molar-refractivity contribution in [2.24, 2.45) is 17.3 Å². The molecule has 2 rings (SSSR count). The summed E-state index contributed by atoms with van der Waals surface area (Å²) in [6.45, 7) is 5.75. The van der Waals surface area contributed by atoms with Crippen LogP contribution < -0.4 is 0 Å². The molecule has 0 aromatic heterocycles. The van der Waals surface area contributed by atoms with Crippen molar-refractivity contribution in [3.05, 3.63) is 12.2 Å². The van der Waals surface area contributed by atoms with E-state index in [1.54, 1.807) is 13.8 Å². The molecule has 2 heterocycles. The van der Waals surface area contributed by atoms with Gasteiger partial charge in [-0.2, -0.15) is 0 Å². The number of hydrogen-bond donors (Lipinski definition) is 1. The van der Waals surface area contributed by atoms with Gasteiger partial charge in [-0.05, 0) is 58.3 Å². The lowest BCUT2D eigenvalue weighted by atomic mass is 9.78. The van der Waals surface area contributed by atoms with E-state index in [0.29, 0.717) is 30.5 Å². The highest BCUT2D eigenvalue weighted by Crippen LogP contribution is 2.45. The Labute approximate surface area is 167 Å². The Hall–Kier alpha value is -0.680. The zero-order valence-electron chi connectivity index (χ0n) is 17.3. The van der Waals surface area contributed by atoms with Crippen LogP contribution in [0.15, 0.2) is 12.2 Å². The van der Waals surface area contributed by atoms with Crippen molar-refractivity contribution in [1.82, 2.24) is 0 Å². The number of fused-ring (bicyclic) bond motifs is 2. The second kappa shape index (κ2) is 10.8. The fraction of sp³-hybridized carbons (Fsp3) is 0.864. The van der Waals surface area contributed by atoms with Gasteiger partial charge in [0.05, 0.1) is 17.6 Å². The molecule has 0 aromatic rings. The van der Waals surface area contributed by atoms with Crippen molar-refractivity contribution in [2.75, 3.05) is 11.5 Å². The number of aliphatic carboxylic acids is 1. The highest BCUT2D eigenvalue weighted by molar-refractivity contribution is 7.84. The molecule has 5 heteroatoms. The third kappa shape index (κ3) is 6.70. The van der Waals surface area contributed by atoms with Crippen LogP contribution in [0.2, 0.25) is 0 Å². The average Bonchev–Trinajstić information content (AvgIpc) is 3.20. The third-order valence-electron chi connectivity index (χ3n) is 6.28. The molecule has 156 valence electrons. The molecule has 2 aliphatic rings. The molecule has 1 unspecified atom stereocenters. The van der Waals surface area contributed by atoms with Crippen molar-refractivity contribution in [2.45, 2.75) is 90.8 Å². The summed E-state index contributed by atoms with van der Waals surface area (Å²) in [5.74, 6) is 1.79. The molecule has 0 saturated carbocycles. The highest BCUT2D eigenvalue weighted by Gasteiger charge is 2.48. The molecule has 1 N–H and O–H groups in total. The molecule has 2 bridgehead atoms. The van der Waals surface area contributed by atoms with Gasteiger partial charge in [0, 0.05) is 28.2 Å². The van der Waals surface area contributed by atoms with Crippen LogP contribution in [0, 0.1) is 17.3 Å². The molecule has 0 aliphatic carbocycles. The number of allylic oxidation sites excluding steroid dienone is 2. The van der Waals surface area contributed by atoms with Crippen LogP contribution in [0.4, 0.5) is 0 Å². The van der Waals surface area contributed by atoms with Gasteiger partial charge >= 0.3 is 5.97 Å². The largest absolute Gasteiger partial charge is 0.481 e. The zero-order chi connectivity index (χ0) is 19.9. The first-order valence-electron chi connectivity index (χ1n) is 10.7. The van der Waals surface area contributed by atoms with E-state index >= 15 is 0 Å². The van der Waals surface area contributed by atoms with Crippen LogP contribution in [0.25, 0.3) is 0 Å². The molecule has 0 amide bonds. The first kappa shape index (κ1) is 22.6. The highest BCUT2D eigenvalue weighted by atomic mass is 32.2. The quantitative estimate of drug-likeness (QED) is 0.352. The summed E-state index contributed by atoms with van der Waals surface area (Å²) in [7, 11) is -0.731. The van der Waals surface area contributed by atoms with Gasteiger partial charge in [-0.1, -0.05) is 38.3 Å². The van der Waals surface area contributed by atoms with Crippen molar-refractivity contribution in [3.8, 4) is 0 Å². The minimum Gasteiger partial charge on any atom is -0.481 e. The van der Waals surface area contributed by atoms with E-state index in [9.17, 15) is 14.1 Å². The molecular formula is C22H38O4S. The van der Waals surface area contributed by atoms with E-state index in [-0.39, 0.29) is 0 Å². The average molecular weight is 399 g/mol. The maximum atomic E-state index is 12.5. The lowest BCUT2D eigenvalue weighted by Gasteiger charge is -2.27. The maximum Gasteiger partial charge on any atom is 0.309 e. The summed E-state index contributed by atoms with van der Waals surface area (Å²) in [5.41, 5.74) is -0.670. The molecule has 27 heavy (non-hydrogen) atoms. The van der Waals surface area contributed by atoms with E-state index in [2.05, 4.69) is 19.1 Å². The Bertz CT molecular complexity index is 528. The standard InChI is InChI=1S/C22H38O4S/c1-4-5-6-10-15-27(25)16-18-17(19-12-13-20(18)26-19)11-8-7-9-14-22(2,3)21(23)24/h7-8,17-20H,4-6,9-16H2,1-3H3,(H,23,24)/t17-,18+,19-,20+,27?/m0/s1. The number of ether oxygens (including phenoxy) is 1. The molecule has 2 aliphatic heterocycles. The number of unbranched alkanes of at least 4 members (excludes halogenated alkanes) is 3. The second-order valence-corrected chi connectivity index (χ2v) is 10.5. The van der Waals surface area contributed by atoms with E-state index in [1.807, 2.05) is 0 Å². The maximum absolute atomic E-state index is 12.5. The van der Waals surface area contributed by atoms with E-state index in [4.69, 9.17) is 4.74 Å². The minimum atomic E-state index is -0.737. The summed E-state index contributed by atoms with van der Waals surface area (Å²) in [4.78, 5) is 11.2. The molecule has 5 atom stereocenters. The van der Waals surface area contributed by atoms with Crippen molar-refractivity contribution in [1.29, 1.82) is 0 Å². The van der Waals surface area contributed by atoms with E-state index in [0.717, 1.165) is 43.6 Å². The number of carbonyl (C=O) groups is 1. The minimum absolute atomic E-state index is 0.305. The molecule has 4 nitrogen and oxygen atoms in total. The van der Waals surface area contributed by atoms with Crippen LogP contribution >= 0.6 is 0 Å². The van der Waals surface area contributed by atoms with E-state index < -0.39 is 22.2 Å². The van der Waals surface area contributed by atoms with Crippen LogP contribution in [-0.2, 0) is 20.3 Å². The molecule has 0 aromatic carbocycles. The Kier molecular flexibility index (Phi) is 9.00. The van der Waals surface area contributed by atoms with Crippen molar-refractivity contribution in [3.63, 3.8) is 0 Å². The molecule has 0 spiro atoms. The first-order valence-corrected chi connectivity index (χ1v) is 12.2. The van der Waals surface area contributed by atoms with Gasteiger partial charge in [0.15, 0.2) is 0 Å². The van der Waals surface area contributed by atoms with Gasteiger partial charge in [-0.25, -0.2) is 0 Å². The smallest absolute Gasteiger partial charge is 0.309 e. The third-order valence-corrected chi connectivity index (χ3v) is 7.78. The molecular weight excluding hydrogens is 360 g/mol. The molecule has 0 radical (unpaired) electrons. The van der Waals surface area contributed by atoms with Crippen molar-refractivity contribution < 1.29 is 18.8 Å². The number of carboxylic acids is 1. The van der Waals surface area contributed by atoms with Gasteiger partial charge in [0.1, 0.15) is 0 Å². The second-order valence-electron chi connectivity index (χ2n) is 8.92. The summed E-state index contributed by atoms with van der Waals surface area (Å²) < 4.78 is 18.7. The normalized spacial score (nSPS) is 28.9. The lowest BCUT2D eigenvalue weighted by Crippen LogP contribution is -2.31. The number of hydrogen-bond acceptors (Lipinski definition) is 3. The Morgan fingerprint density at radius 3 is 2.52 bits per heavy atom. The Morgan fingerprint density at radius 1 is 1.15 bits per heavy atom. The fourth-order valence-corrected chi connectivity index (χ4v) is 5.92. The van der Waals surface area contributed by atoms with Crippen LogP contribution in [0.5, 0.6) is 0 Å². The fourth-order valence-electron chi connectivity index (χ4n) is 4.34. The first-order chi connectivity index (χ1) is 12.8. The Balaban J connectivity index is 1.77. The van der Waals surface area contributed by atoms with Crippen LogP contribution in [0.3, 0.4) is 0 Å². The SMILES string of the molecule is CCCCCCS(=O)C[C@@H]1[C@H](CC=CCCC(C)(C)C(=O)O)[C@@H]2CC[C@H]1O2. The van der Waals surface area contributed by atoms with Gasteiger partial charge in [-0.3, -0.25) is 9.00 Å². The number of rotatable bonds is 13. The van der Waals surface area contributed by atoms with Crippen LogP contribution in [0.1, 0.15) is 78.6 Å². The van der Waals surface area contributed by atoms with Gasteiger partial charge in [0.2, 0.25) is 0 Å². The summed E-state index contributed by atoms with van der Waals surface area (Å²) in [6.07, 6.45) is 14.3. The van der Waals surface area contributed by atoms with Gasteiger partial charge in [0.25, 0.3) is 0 Å². The topological polar surface area (TPSA) is 63.6 Å². The monoisotopic (exact) mass is 398 g/mol. The summed E-state index contributed by atoms with van der Waals surface area (Å²) in [5, 5.41) is 9.18. The molecule has 2 saturated heterocycles. The van der Waals surface area contributed by atoms with Crippen molar-refractivity contribution >= 4 is 16.8 Å². The summed E-state index contributed by atoms with van der Waals surface area (Å²) >= 11 is 0. The Morgan fingerprint density at radius 2 is 1.85 bits per heavy atom. The number of carboxylic acid groups (broad SMARTS) is 1. The lowest BCUT2D eigenvalue weighted by molar-refractivity contribution is -0.147. The summed E-state index contributed by atoms with van der Waals surface area (Å²) in [6, 6.07) is 0. The predicted octanol–water partition coefficient (Wildman–Crippen LogP) is 4.95. The van der Waals surface area contributed by atoms with Crippen LogP contribution in [-0.4, -0.2) is 39.0 Å². The predicted molar refractivity (Wildman–Crippen MR) is 111 cm³/mol. The van der Waals surface area contributed by atoms with Gasteiger partial charge in [-0.15, -0.1) is 0 Å². The molecule has 2 fully saturated rings. The van der Waals surface area contributed by atoms with Gasteiger partial charge < -0.3 is 9.84 Å². The van der Waals surface area contributed by atoms with E-state index in [1.165, 1.54) is 19.3 Å². The zero-order valence-corrected chi connectivity index (χ0v) is 18.1.